The molecule has 1 unspecified atom stereocenters. The summed E-state index contributed by atoms with van der Waals surface area (Å²) in [5, 5.41) is 13.2. The van der Waals surface area contributed by atoms with E-state index in [1.807, 2.05) is 0 Å². The number of aliphatic hydroxyl groups is 1. The number of hydrogen-bond acceptors (Lipinski definition) is 3. The second-order valence-corrected chi connectivity index (χ2v) is 6.44. The zero-order valence-corrected chi connectivity index (χ0v) is 13.1. The average Bonchev–Trinajstić information content (AvgIpc) is 3.15. The van der Waals surface area contributed by atoms with Gasteiger partial charge in [0.25, 0.3) is 0 Å². The van der Waals surface area contributed by atoms with Crippen molar-refractivity contribution in [1.82, 2.24) is 5.32 Å². The lowest BCUT2D eigenvalue weighted by molar-refractivity contribution is 0.0346. The Morgan fingerprint density at radius 2 is 1.95 bits per heavy atom. The summed E-state index contributed by atoms with van der Waals surface area (Å²) in [5.74, 6) is 0.743. The van der Waals surface area contributed by atoms with Gasteiger partial charge in [-0.3, -0.25) is 0 Å². The first-order chi connectivity index (χ1) is 9.10. The van der Waals surface area contributed by atoms with E-state index in [9.17, 15) is 5.11 Å². The Morgan fingerprint density at radius 3 is 2.53 bits per heavy atom. The van der Waals surface area contributed by atoms with Gasteiger partial charge in [-0.15, -0.1) is 0 Å². The normalized spacial score (nSPS) is 18.8. The van der Waals surface area contributed by atoms with Gasteiger partial charge >= 0.3 is 0 Å². The molecule has 1 fully saturated rings. The van der Waals surface area contributed by atoms with Gasteiger partial charge in [0, 0.05) is 19.7 Å². The molecule has 114 valence electrons. The predicted octanol–water partition coefficient (Wildman–Crippen LogP) is 2.97. The van der Waals surface area contributed by atoms with Crippen LogP contribution in [0.5, 0.6) is 0 Å². The predicted molar refractivity (Wildman–Crippen MR) is 80.3 cm³/mol. The Balaban J connectivity index is 1.92. The van der Waals surface area contributed by atoms with Crippen LogP contribution in [0.4, 0.5) is 0 Å². The van der Waals surface area contributed by atoms with Crippen molar-refractivity contribution in [2.45, 2.75) is 65.4 Å². The Morgan fingerprint density at radius 1 is 1.21 bits per heavy atom. The number of nitrogens with one attached hydrogen (secondary N) is 1. The van der Waals surface area contributed by atoms with Crippen LogP contribution in [0.15, 0.2) is 0 Å². The van der Waals surface area contributed by atoms with Crippen molar-refractivity contribution in [2.75, 3.05) is 26.3 Å². The summed E-state index contributed by atoms with van der Waals surface area (Å²) < 4.78 is 5.50. The molecule has 0 aromatic carbocycles. The minimum atomic E-state index is -0.367. The summed E-state index contributed by atoms with van der Waals surface area (Å²) in [6.07, 6.45) is 7.19. The number of rotatable bonds is 12. The van der Waals surface area contributed by atoms with Gasteiger partial charge in [0.2, 0.25) is 0 Å². The molecular formula is C16H33NO2. The number of hydrogen-bond donors (Lipinski definition) is 2. The van der Waals surface area contributed by atoms with E-state index in [-0.39, 0.29) is 6.10 Å². The van der Waals surface area contributed by atoms with E-state index < -0.39 is 0 Å². The maximum absolute atomic E-state index is 9.82. The lowest BCUT2D eigenvalue weighted by atomic mass is 9.92. The number of aliphatic hydroxyl groups excluding tert-OH is 1. The van der Waals surface area contributed by atoms with E-state index in [1.165, 1.54) is 32.1 Å². The molecule has 1 atom stereocenters. The van der Waals surface area contributed by atoms with Crippen molar-refractivity contribution in [3.05, 3.63) is 0 Å². The fourth-order valence-corrected chi connectivity index (χ4v) is 2.52. The summed E-state index contributed by atoms with van der Waals surface area (Å²) in [6.45, 7) is 9.75. The highest BCUT2D eigenvalue weighted by atomic mass is 16.5. The van der Waals surface area contributed by atoms with Crippen molar-refractivity contribution in [3.8, 4) is 0 Å². The van der Waals surface area contributed by atoms with Gasteiger partial charge in [0.05, 0.1) is 12.7 Å². The van der Waals surface area contributed by atoms with Crippen LogP contribution in [-0.2, 0) is 4.74 Å². The van der Waals surface area contributed by atoms with Crippen LogP contribution in [0, 0.1) is 11.3 Å². The zero-order chi connectivity index (χ0) is 14.1. The Kier molecular flexibility index (Phi) is 7.96. The van der Waals surface area contributed by atoms with Crippen molar-refractivity contribution in [1.29, 1.82) is 0 Å². The lowest BCUT2D eigenvalue weighted by Gasteiger charge is -2.21. The third kappa shape index (κ3) is 6.73. The third-order valence-corrected chi connectivity index (χ3v) is 4.43. The van der Waals surface area contributed by atoms with Crippen LogP contribution in [0.2, 0.25) is 0 Å². The van der Waals surface area contributed by atoms with Gasteiger partial charge < -0.3 is 15.2 Å². The topological polar surface area (TPSA) is 41.5 Å². The zero-order valence-electron chi connectivity index (χ0n) is 13.1. The van der Waals surface area contributed by atoms with Gasteiger partial charge in [-0.05, 0) is 30.6 Å². The van der Waals surface area contributed by atoms with Gasteiger partial charge in [0.15, 0.2) is 0 Å². The SMILES string of the molecule is CCCCCCOCC(O)CNCC1(C(C)C)CC1. The number of unbranched alkanes of at least 4 members (excludes halogenated alkanes) is 3. The molecule has 1 aliphatic carbocycles. The molecule has 0 spiro atoms. The monoisotopic (exact) mass is 271 g/mol. The molecule has 1 rings (SSSR count). The second-order valence-electron chi connectivity index (χ2n) is 6.44. The minimum Gasteiger partial charge on any atom is -0.389 e. The van der Waals surface area contributed by atoms with Gasteiger partial charge in [-0.2, -0.15) is 0 Å². The van der Waals surface area contributed by atoms with Crippen molar-refractivity contribution >= 4 is 0 Å². The highest BCUT2D eigenvalue weighted by Crippen LogP contribution is 2.51. The molecule has 2 N–H and O–H groups in total. The Hall–Kier alpha value is -0.120. The van der Waals surface area contributed by atoms with Crippen LogP contribution in [0.3, 0.4) is 0 Å². The van der Waals surface area contributed by atoms with E-state index in [0.717, 1.165) is 25.5 Å². The first-order valence-corrected chi connectivity index (χ1v) is 8.07. The molecule has 19 heavy (non-hydrogen) atoms. The Bertz CT molecular complexity index is 227. The fraction of sp³-hybridized carbons (Fsp3) is 1.00. The molecule has 3 nitrogen and oxygen atoms in total. The third-order valence-electron chi connectivity index (χ3n) is 4.43. The number of ether oxygens (including phenoxy) is 1. The highest BCUT2D eigenvalue weighted by Gasteiger charge is 2.44. The maximum atomic E-state index is 9.82. The largest absolute Gasteiger partial charge is 0.389 e. The van der Waals surface area contributed by atoms with Crippen molar-refractivity contribution in [2.24, 2.45) is 11.3 Å². The molecule has 1 saturated carbocycles. The minimum absolute atomic E-state index is 0.367. The molecule has 3 heteroatoms. The standard InChI is InChI=1S/C16H33NO2/c1-4-5-6-7-10-19-12-15(18)11-17-13-16(8-9-16)14(2)3/h14-15,17-18H,4-13H2,1-3H3. The first kappa shape index (κ1) is 16.9. The van der Waals surface area contributed by atoms with Crippen LogP contribution in [-0.4, -0.2) is 37.5 Å². The van der Waals surface area contributed by atoms with Crippen LogP contribution in [0.25, 0.3) is 0 Å². The summed E-state index contributed by atoms with van der Waals surface area (Å²) in [4.78, 5) is 0. The van der Waals surface area contributed by atoms with Gasteiger partial charge in [0.1, 0.15) is 0 Å². The summed E-state index contributed by atoms with van der Waals surface area (Å²) in [5.41, 5.74) is 0.515. The van der Waals surface area contributed by atoms with E-state index in [1.54, 1.807) is 0 Å². The Labute approximate surface area is 119 Å². The molecule has 0 aromatic heterocycles. The summed E-state index contributed by atoms with van der Waals surface area (Å²) in [7, 11) is 0. The molecule has 0 amide bonds. The molecule has 0 saturated heterocycles. The van der Waals surface area contributed by atoms with E-state index in [0.29, 0.717) is 18.6 Å². The van der Waals surface area contributed by atoms with Gasteiger partial charge in [-0.1, -0.05) is 40.0 Å². The molecule has 0 aliphatic heterocycles. The van der Waals surface area contributed by atoms with Gasteiger partial charge in [-0.25, -0.2) is 0 Å². The molecular weight excluding hydrogens is 238 g/mol. The molecule has 1 aliphatic rings. The van der Waals surface area contributed by atoms with E-state index >= 15 is 0 Å². The molecule has 0 bridgehead atoms. The fourth-order valence-electron chi connectivity index (χ4n) is 2.52. The van der Waals surface area contributed by atoms with Crippen molar-refractivity contribution in [3.63, 3.8) is 0 Å². The van der Waals surface area contributed by atoms with E-state index in [2.05, 4.69) is 26.1 Å². The maximum Gasteiger partial charge on any atom is 0.0897 e. The molecule has 0 aromatic rings. The smallest absolute Gasteiger partial charge is 0.0897 e. The lowest BCUT2D eigenvalue weighted by Crippen LogP contribution is -2.35. The summed E-state index contributed by atoms with van der Waals surface area (Å²) >= 11 is 0. The summed E-state index contributed by atoms with van der Waals surface area (Å²) in [6, 6.07) is 0. The van der Waals surface area contributed by atoms with Crippen molar-refractivity contribution < 1.29 is 9.84 Å². The average molecular weight is 271 g/mol. The first-order valence-electron chi connectivity index (χ1n) is 8.07. The molecule has 0 heterocycles. The van der Waals surface area contributed by atoms with Crippen LogP contribution >= 0.6 is 0 Å². The van der Waals surface area contributed by atoms with E-state index in [4.69, 9.17) is 4.74 Å². The van der Waals surface area contributed by atoms with Crippen LogP contribution in [0.1, 0.15) is 59.3 Å². The quantitative estimate of drug-likeness (QED) is 0.536. The second kappa shape index (κ2) is 8.93. The highest BCUT2D eigenvalue weighted by molar-refractivity contribution is 4.97. The van der Waals surface area contributed by atoms with Crippen LogP contribution < -0.4 is 5.32 Å². The molecule has 0 radical (unpaired) electrons.